The molecule has 0 aliphatic carbocycles. The first kappa shape index (κ1) is 20.7. The van der Waals surface area contributed by atoms with Gasteiger partial charge in [-0.15, -0.1) is 0 Å². The first-order valence-corrected chi connectivity index (χ1v) is 7.01. The summed E-state index contributed by atoms with van der Waals surface area (Å²) < 4.78 is 56.9. The second kappa shape index (κ2) is 8.99. The Morgan fingerprint density at radius 3 is 2.05 bits per heavy atom. The van der Waals surface area contributed by atoms with Gasteiger partial charge in [0.25, 0.3) is 0 Å². The summed E-state index contributed by atoms with van der Waals surface area (Å²) in [4.78, 5) is 0. The van der Waals surface area contributed by atoms with Gasteiger partial charge in [-0.05, 0) is 0 Å². The predicted molar refractivity (Wildman–Crippen MR) is 62.1 cm³/mol. The van der Waals surface area contributed by atoms with E-state index in [9.17, 15) is 13.0 Å². The topological polar surface area (TPSA) is 103 Å². The van der Waals surface area contributed by atoms with E-state index in [0.717, 1.165) is 0 Å². The maximum Gasteiger partial charge on any atom is 1.00 e. The van der Waals surface area contributed by atoms with Gasteiger partial charge >= 0.3 is 29.6 Å². The molecule has 0 aromatic carbocycles. The number of methoxy groups -OCH3 is 3. The Labute approximate surface area is 141 Å². The summed E-state index contributed by atoms with van der Waals surface area (Å²) in [6.45, 7) is 1.40. The molecule has 0 N–H and O–H groups in total. The molecule has 1 heterocycles. The van der Waals surface area contributed by atoms with Gasteiger partial charge in [0.1, 0.15) is 6.10 Å². The van der Waals surface area contributed by atoms with Gasteiger partial charge in [0.2, 0.25) is 10.4 Å². The predicted octanol–water partition coefficient (Wildman–Crippen LogP) is -3.50. The van der Waals surface area contributed by atoms with Gasteiger partial charge in [-0.2, -0.15) is 0 Å². The molecule has 20 heavy (non-hydrogen) atoms. The van der Waals surface area contributed by atoms with Crippen LogP contribution in [0.1, 0.15) is 6.92 Å². The van der Waals surface area contributed by atoms with Crippen molar-refractivity contribution in [2.24, 2.45) is 5.92 Å². The molecule has 8 nitrogen and oxygen atoms in total. The molecule has 0 spiro atoms. The van der Waals surface area contributed by atoms with Gasteiger partial charge in [0.15, 0.2) is 6.29 Å². The van der Waals surface area contributed by atoms with E-state index >= 15 is 0 Å². The Morgan fingerprint density at radius 2 is 1.65 bits per heavy atom. The van der Waals surface area contributed by atoms with Crippen molar-refractivity contribution in [2.75, 3.05) is 27.9 Å². The van der Waals surface area contributed by atoms with Crippen molar-refractivity contribution < 1.29 is 65.7 Å². The van der Waals surface area contributed by atoms with Crippen LogP contribution in [0.3, 0.4) is 0 Å². The molecule has 1 fully saturated rings. The van der Waals surface area contributed by atoms with Crippen LogP contribution >= 0.6 is 0 Å². The van der Waals surface area contributed by atoms with Crippen LogP contribution in [0.4, 0.5) is 0 Å². The fraction of sp³-hybridized carbons (Fsp3) is 1.00. The van der Waals surface area contributed by atoms with Crippen LogP contribution < -0.4 is 29.6 Å². The van der Waals surface area contributed by atoms with E-state index in [1.165, 1.54) is 21.3 Å². The van der Waals surface area contributed by atoms with Crippen LogP contribution in [-0.2, 0) is 33.5 Å². The van der Waals surface area contributed by atoms with E-state index in [2.05, 4.69) is 4.18 Å². The zero-order chi connectivity index (χ0) is 14.6. The molecule has 1 aliphatic heterocycles. The second-order valence-corrected chi connectivity index (χ2v) is 5.28. The summed E-state index contributed by atoms with van der Waals surface area (Å²) in [5, 5.41) is 0. The molecule has 1 rings (SSSR count). The first-order valence-electron chi connectivity index (χ1n) is 5.68. The quantitative estimate of drug-likeness (QED) is 0.282. The molecule has 5 atom stereocenters. The minimum Gasteiger partial charge on any atom is -0.726 e. The van der Waals surface area contributed by atoms with Crippen molar-refractivity contribution in [3.8, 4) is 0 Å². The molecule has 114 valence electrons. The summed E-state index contributed by atoms with van der Waals surface area (Å²) >= 11 is 0. The third kappa shape index (κ3) is 5.48. The fourth-order valence-electron chi connectivity index (χ4n) is 2.16. The molecule has 0 saturated carbocycles. The molecule has 10 heteroatoms. The zero-order valence-corrected chi connectivity index (χ0v) is 15.1. The third-order valence-corrected chi connectivity index (χ3v) is 3.58. The average molecular weight is 322 g/mol. The molecule has 0 radical (unpaired) electrons. The molecule has 0 aromatic heterocycles. The van der Waals surface area contributed by atoms with E-state index in [0.29, 0.717) is 0 Å². The monoisotopic (exact) mass is 322 g/mol. The summed E-state index contributed by atoms with van der Waals surface area (Å²) in [5.41, 5.74) is 0. The average Bonchev–Trinajstić information content (AvgIpc) is 2.35. The Bertz CT molecular complexity index is 375. The maximum absolute atomic E-state index is 10.5. The molecular formula is C10H19NaO8S. The summed E-state index contributed by atoms with van der Waals surface area (Å²) in [6.07, 6.45) is -2.20. The van der Waals surface area contributed by atoms with Crippen molar-refractivity contribution in [1.82, 2.24) is 0 Å². The van der Waals surface area contributed by atoms with Crippen molar-refractivity contribution >= 4 is 10.4 Å². The van der Waals surface area contributed by atoms with Gasteiger partial charge < -0.3 is 23.5 Å². The van der Waals surface area contributed by atoms with Crippen molar-refractivity contribution in [1.29, 1.82) is 0 Å². The van der Waals surface area contributed by atoms with Gasteiger partial charge in [0.05, 0.1) is 18.8 Å². The minimum absolute atomic E-state index is 0. The second-order valence-electron chi connectivity index (χ2n) is 4.23. The number of rotatable bonds is 6. The van der Waals surface area contributed by atoms with Gasteiger partial charge in [0, 0.05) is 27.2 Å². The van der Waals surface area contributed by atoms with E-state index in [1.54, 1.807) is 6.92 Å². The standard InChI is InChI=1S/C10H20O8S.Na/c1-6-7(5-17-19(11,12)13)18-10(16-4)9(15-3)8(6)14-2;/h6-10H,5H2,1-4H3,(H,11,12,13);/q;+1/p-1/t6?,7-,8-,9-,10-;/m1./s1. The van der Waals surface area contributed by atoms with Crippen molar-refractivity contribution in [3.63, 3.8) is 0 Å². The van der Waals surface area contributed by atoms with Crippen molar-refractivity contribution in [2.45, 2.75) is 31.5 Å². The third-order valence-electron chi connectivity index (χ3n) is 3.16. The molecule has 0 bridgehead atoms. The number of hydrogen-bond acceptors (Lipinski definition) is 8. The zero-order valence-electron chi connectivity index (χ0n) is 12.3. The minimum atomic E-state index is -4.76. The van der Waals surface area contributed by atoms with Gasteiger partial charge in [-0.1, -0.05) is 6.92 Å². The van der Waals surface area contributed by atoms with Gasteiger partial charge in [-0.25, -0.2) is 8.42 Å². The molecule has 1 unspecified atom stereocenters. The number of hydrogen-bond donors (Lipinski definition) is 0. The summed E-state index contributed by atoms with van der Waals surface area (Å²) in [5.74, 6) is -0.233. The first-order chi connectivity index (χ1) is 8.84. The molecule has 0 aromatic rings. The van der Waals surface area contributed by atoms with Crippen LogP contribution in [0.5, 0.6) is 0 Å². The SMILES string of the molecule is CO[C@@H]1O[C@H](COS(=O)(=O)[O-])C(C)[C@@H](OC)[C@H]1OC.[Na+]. The van der Waals surface area contributed by atoms with E-state index in [1.807, 2.05) is 0 Å². The molecule has 0 amide bonds. The normalized spacial score (nSPS) is 34.5. The maximum atomic E-state index is 10.5. The fourth-order valence-corrected chi connectivity index (χ4v) is 2.47. The summed E-state index contributed by atoms with van der Waals surface area (Å²) in [7, 11) is -0.320. The van der Waals surface area contributed by atoms with Gasteiger partial charge in [-0.3, -0.25) is 4.18 Å². The summed E-state index contributed by atoms with van der Waals surface area (Å²) in [6, 6.07) is 0. The van der Waals surface area contributed by atoms with E-state index < -0.39 is 28.9 Å². The molecular weight excluding hydrogens is 303 g/mol. The molecule has 1 aliphatic rings. The Kier molecular flexibility index (Phi) is 9.30. The van der Waals surface area contributed by atoms with E-state index in [-0.39, 0.29) is 48.2 Å². The van der Waals surface area contributed by atoms with Crippen LogP contribution in [0.25, 0.3) is 0 Å². The smallest absolute Gasteiger partial charge is 0.726 e. The van der Waals surface area contributed by atoms with Crippen LogP contribution in [0.15, 0.2) is 0 Å². The van der Waals surface area contributed by atoms with Crippen LogP contribution in [0, 0.1) is 5.92 Å². The Hall–Kier alpha value is 0.710. The van der Waals surface area contributed by atoms with E-state index in [4.69, 9.17) is 18.9 Å². The number of ether oxygens (including phenoxy) is 4. The Balaban J connectivity index is 0.00000361. The van der Waals surface area contributed by atoms with Crippen LogP contribution in [0.2, 0.25) is 0 Å². The largest absolute Gasteiger partial charge is 1.00 e. The Morgan fingerprint density at radius 1 is 1.10 bits per heavy atom. The molecule has 1 saturated heterocycles. The van der Waals surface area contributed by atoms with Crippen molar-refractivity contribution in [3.05, 3.63) is 0 Å². The van der Waals surface area contributed by atoms with Crippen LogP contribution in [-0.4, -0.2) is 65.5 Å².